The zero-order chi connectivity index (χ0) is 23.2. The van der Waals surface area contributed by atoms with Crippen molar-refractivity contribution in [2.24, 2.45) is 0 Å². The fourth-order valence-electron chi connectivity index (χ4n) is 4.79. The molecule has 8 nitrogen and oxygen atoms in total. The van der Waals surface area contributed by atoms with Crippen LogP contribution in [0.1, 0.15) is 52.8 Å². The van der Waals surface area contributed by atoms with E-state index in [2.05, 4.69) is 19.9 Å². The van der Waals surface area contributed by atoms with Crippen molar-refractivity contribution in [1.29, 1.82) is 0 Å². The highest BCUT2D eigenvalue weighted by atomic mass is 19.1. The van der Waals surface area contributed by atoms with Crippen LogP contribution in [0.3, 0.4) is 0 Å². The predicted octanol–water partition coefficient (Wildman–Crippen LogP) is 3.10. The van der Waals surface area contributed by atoms with E-state index in [0.717, 1.165) is 30.1 Å². The van der Waals surface area contributed by atoms with E-state index in [0.29, 0.717) is 43.0 Å². The van der Waals surface area contributed by atoms with E-state index < -0.39 is 5.82 Å². The second-order valence-electron chi connectivity index (χ2n) is 8.98. The Hall–Kier alpha value is -3.88. The van der Waals surface area contributed by atoms with Crippen LogP contribution in [0.5, 0.6) is 0 Å². The van der Waals surface area contributed by atoms with E-state index in [9.17, 15) is 14.0 Å². The zero-order valence-corrected chi connectivity index (χ0v) is 18.5. The number of halogens is 1. The van der Waals surface area contributed by atoms with E-state index >= 15 is 0 Å². The molecule has 0 bridgehead atoms. The molecule has 0 unspecified atom stereocenters. The highest BCUT2D eigenvalue weighted by Gasteiger charge is 2.31. The number of hydrogen-bond donors (Lipinski definition) is 0. The molecular formula is C25H23FN6O2. The van der Waals surface area contributed by atoms with Crippen LogP contribution >= 0.6 is 0 Å². The lowest BCUT2D eigenvalue weighted by Gasteiger charge is -2.31. The Balaban J connectivity index is 1.26. The first-order valence-electron chi connectivity index (χ1n) is 11.5. The maximum atomic E-state index is 14.7. The first kappa shape index (κ1) is 20.7. The van der Waals surface area contributed by atoms with Crippen LogP contribution in [0.2, 0.25) is 0 Å². The highest BCUT2D eigenvalue weighted by molar-refractivity contribution is 5.94. The van der Waals surface area contributed by atoms with Gasteiger partial charge in [0.25, 0.3) is 5.91 Å². The number of rotatable bonds is 4. The second-order valence-corrected chi connectivity index (χ2v) is 8.98. The lowest BCUT2D eigenvalue weighted by Crippen LogP contribution is -2.39. The minimum Gasteiger partial charge on any atom is -0.329 e. The van der Waals surface area contributed by atoms with Crippen molar-refractivity contribution in [3.8, 4) is 0 Å². The van der Waals surface area contributed by atoms with Gasteiger partial charge >= 0.3 is 0 Å². The third-order valence-corrected chi connectivity index (χ3v) is 6.89. The molecule has 0 radical (unpaired) electrons. The smallest absolute Gasteiger partial charge is 0.257 e. The molecule has 1 amide bonds. The van der Waals surface area contributed by atoms with Gasteiger partial charge in [0.05, 0.1) is 30.4 Å². The van der Waals surface area contributed by atoms with Crippen molar-refractivity contribution in [2.45, 2.75) is 44.8 Å². The van der Waals surface area contributed by atoms with E-state index in [1.807, 2.05) is 12.1 Å². The van der Waals surface area contributed by atoms with Gasteiger partial charge in [-0.05, 0) is 42.7 Å². The number of hydrogen-bond acceptors (Lipinski definition) is 5. The molecule has 0 atom stereocenters. The molecule has 6 rings (SSSR count). The van der Waals surface area contributed by atoms with Crippen LogP contribution in [0, 0.1) is 5.82 Å². The Bertz CT molecular complexity index is 1470. The molecule has 1 aliphatic heterocycles. The van der Waals surface area contributed by atoms with Gasteiger partial charge in [0.2, 0.25) is 5.43 Å². The van der Waals surface area contributed by atoms with Crippen LogP contribution in [-0.2, 0) is 19.6 Å². The van der Waals surface area contributed by atoms with Crippen molar-refractivity contribution in [3.63, 3.8) is 0 Å². The summed E-state index contributed by atoms with van der Waals surface area (Å²) in [5.41, 5.74) is 1.28. The average molecular weight is 458 g/mol. The average Bonchev–Trinajstić information content (AvgIpc) is 3.23. The third kappa shape index (κ3) is 3.48. The molecule has 2 aromatic carbocycles. The molecule has 9 heteroatoms. The minimum absolute atomic E-state index is 0.0232. The summed E-state index contributed by atoms with van der Waals surface area (Å²) >= 11 is 0. The maximum absolute atomic E-state index is 14.7. The van der Waals surface area contributed by atoms with Crippen molar-refractivity contribution in [2.75, 3.05) is 6.54 Å². The van der Waals surface area contributed by atoms with Gasteiger partial charge in [-0.25, -0.2) is 4.39 Å². The first-order valence-corrected chi connectivity index (χ1v) is 11.5. The summed E-state index contributed by atoms with van der Waals surface area (Å²) in [6.45, 7) is 1.72. The van der Waals surface area contributed by atoms with Crippen molar-refractivity contribution in [1.82, 2.24) is 29.4 Å². The van der Waals surface area contributed by atoms with Gasteiger partial charge < -0.3 is 9.47 Å². The Labute approximate surface area is 194 Å². The molecule has 0 spiro atoms. The zero-order valence-electron chi connectivity index (χ0n) is 18.5. The molecule has 3 heterocycles. The van der Waals surface area contributed by atoms with Gasteiger partial charge in [-0.2, -0.15) is 5.10 Å². The minimum atomic E-state index is -0.561. The number of fused-ring (bicyclic) bond motifs is 2. The largest absolute Gasteiger partial charge is 0.329 e. The van der Waals surface area contributed by atoms with Crippen molar-refractivity contribution >= 4 is 16.8 Å². The molecule has 0 N–H and O–H groups in total. The van der Waals surface area contributed by atoms with Gasteiger partial charge in [0.1, 0.15) is 11.6 Å². The summed E-state index contributed by atoms with van der Waals surface area (Å²) in [6, 6.07) is 11.7. The van der Waals surface area contributed by atoms with Gasteiger partial charge in [-0.3, -0.25) is 14.3 Å². The van der Waals surface area contributed by atoms with E-state index in [1.165, 1.54) is 18.7 Å². The van der Waals surface area contributed by atoms with Gasteiger partial charge in [-0.1, -0.05) is 24.6 Å². The van der Waals surface area contributed by atoms with Gasteiger partial charge in [-0.15, -0.1) is 10.2 Å². The van der Waals surface area contributed by atoms with Crippen LogP contribution < -0.4 is 5.43 Å². The number of amides is 1. The number of carbonyl (C=O) groups excluding carboxylic acids is 1. The van der Waals surface area contributed by atoms with Gasteiger partial charge in [0, 0.05) is 24.4 Å². The normalized spacial score (nSPS) is 15.9. The molecule has 4 aromatic rings. The Morgan fingerprint density at radius 2 is 1.94 bits per heavy atom. The summed E-state index contributed by atoms with van der Waals surface area (Å²) in [7, 11) is 0. The molecule has 1 aliphatic carbocycles. The van der Waals surface area contributed by atoms with Crippen LogP contribution in [0.15, 0.2) is 53.5 Å². The monoisotopic (exact) mass is 458 g/mol. The van der Waals surface area contributed by atoms with E-state index in [1.54, 1.807) is 33.8 Å². The van der Waals surface area contributed by atoms with E-state index in [4.69, 9.17) is 0 Å². The Kier molecular flexibility index (Phi) is 4.97. The van der Waals surface area contributed by atoms with Crippen LogP contribution in [-0.4, -0.2) is 41.9 Å². The van der Waals surface area contributed by atoms with Gasteiger partial charge in [0.15, 0.2) is 5.82 Å². The molecule has 1 saturated carbocycles. The molecule has 1 fully saturated rings. The first-order chi connectivity index (χ1) is 16.6. The summed E-state index contributed by atoms with van der Waals surface area (Å²) in [6.07, 6.45) is 4.77. The SMILES string of the molecule is O=C(c1cc(Cn2ncc(=O)c3ccccc32)ccc1F)N1CCn2c(nnc2C2CCC2)C1. The summed E-state index contributed by atoms with van der Waals surface area (Å²) in [5, 5.41) is 13.5. The number of carbonyl (C=O) groups is 1. The maximum Gasteiger partial charge on any atom is 0.257 e. The molecular weight excluding hydrogens is 435 g/mol. The fraction of sp³-hybridized carbons (Fsp3) is 0.320. The Morgan fingerprint density at radius 1 is 1.09 bits per heavy atom. The molecule has 2 aliphatic rings. The molecule has 2 aromatic heterocycles. The molecule has 0 saturated heterocycles. The lowest BCUT2D eigenvalue weighted by molar-refractivity contribution is 0.0700. The third-order valence-electron chi connectivity index (χ3n) is 6.89. The van der Waals surface area contributed by atoms with E-state index in [-0.39, 0.29) is 16.9 Å². The van der Waals surface area contributed by atoms with Crippen LogP contribution in [0.25, 0.3) is 10.9 Å². The predicted molar refractivity (Wildman–Crippen MR) is 123 cm³/mol. The van der Waals surface area contributed by atoms with Crippen LogP contribution in [0.4, 0.5) is 4.39 Å². The van der Waals surface area contributed by atoms with Crippen molar-refractivity contribution < 1.29 is 9.18 Å². The Morgan fingerprint density at radius 3 is 2.76 bits per heavy atom. The molecule has 34 heavy (non-hydrogen) atoms. The topological polar surface area (TPSA) is 85.9 Å². The number of benzene rings is 2. The standard InChI is InChI=1S/C25H23FN6O2/c26-20-9-8-16(14-32-21-7-2-1-6-18(21)22(33)13-27-32)12-19(20)25(34)30-10-11-31-23(15-30)28-29-24(31)17-4-3-5-17/h1-2,6-9,12-13,17H,3-5,10-11,14-15H2. The summed E-state index contributed by atoms with van der Waals surface area (Å²) in [4.78, 5) is 27.0. The lowest BCUT2D eigenvalue weighted by atomic mass is 9.85. The number of aromatic nitrogens is 5. The molecule has 172 valence electrons. The quantitative estimate of drug-likeness (QED) is 0.469. The summed E-state index contributed by atoms with van der Waals surface area (Å²) in [5.74, 6) is 1.31. The highest BCUT2D eigenvalue weighted by Crippen LogP contribution is 2.36. The summed E-state index contributed by atoms with van der Waals surface area (Å²) < 4.78 is 18.5. The fourth-order valence-corrected chi connectivity index (χ4v) is 4.79. The second kappa shape index (κ2) is 8.16. The van der Waals surface area contributed by atoms with Crippen molar-refractivity contribution in [3.05, 3.63) is 87.5 Å². The number of nitrogens with zero attached hydrogens (tertiary/aromatic N) is 6. The number of para-hydroxylation sites is 1.